The Morgan fingerprint density at radius 3 is 2.62 bits per heavy atom. The smallest absolute Gasteiger partial charge is 0.162 e. The fraction of sp³-hybridized carbons (Fsp3) is 0.381. The Bertz CT molecular complexity index is 1140. The van der Waals surface area contributed by atoms with E-state index in [-0.39, 0.29) is 12.4 Å². The van der Waals surface area contributed by atoms with Crippen molar-refractivity contribution in [3.05, 3.63) is 65.1 Å². The second kappa shape index (κ2) is 7.44. The number of aryl methyl sites for hydroxylation is 2. The number of fused-ring (bicyclic) bond motifs is 3. The summed E-state index contributed by atoms with van der Waals surface area (Å²) in [6.07, 6.45) is 0.672. The number of sulfone groups is 1. The molecule has 0 saturated carbocycles. The van der Waals surface area contributed by atoms with E-state index < -0.39 is 27.2 Å². The van der Waals surface area contributed by atoms with Crippen LogP contribution in [-0.4, -0.2) is 48.5 Å². The second-order valence-corrected chi connectivity index (χ2v) is 9.67. The Labute approximate surface area is 170 Å². The van der Waals surface area contributed by atoms with Gasteiger partial charge in [-0.3, -0.25) is 0 Å². The van der Waals surface area contributed by atoms with Crippen molar-refractivity contribution in [1.29, 1.82) is 0 Å². The Morgan fingerprint density at radius 1 is 1.21 bits per heavy atom. The lowest BCUT2D eigenvalue weighted by Crippen LogP contribution is -2.41. The lowest BCUT2D eigenvalue weighted by atomic mass is 9.91. The highest BCUT2D eigenvalue weighted by Gasteiger charge is 2.44. The molecule has 1 aliphatic rings. The van der Waals surface area contributed by atoms with Crippen molar-refractivity contribution in [1.82, 2.24) is 9.38 Å². The summed E-state index contributed by atoms with van der Waals surface area (Å²) in [4.78, 5) is 4.66. The third-order valence-corrected chi connectivity index (χ3v) is 7.72. The predicted octanol–water partition coefficient (Wildman–Crippen LogP) is 2.58. The molecule has 0 fully saturated rings. The lowest BCUT2D eigenvalue weighted by molar-refractivity contribution is 0.141. The van der Waals surface area contributed by atoms with Crippen LogP contribution in [0, 0.1) is 13.8 Å². The number of aliphatic hydroxyl groups excluding tert-OH is 1. The number of methoxy groups -OCH3 is 1. The highest BCUT2D eigenvalue weighted by atomic mass is 32.2. The third-order valence-electron chi connectivity index (χ3n) is 5.68. The van der Waals surface area contributed by atoms with Gasteiger partial charge in [0, 0.05) is 24.6 Å². The molecule has 4 rings (SSSR count). The third kappa shape index (κ3) is 3.31. The number of aromatic nitrogens is 2. The van der Waals surface area contributed by atoms with E-state index in [0.717, 1.165) is 17.0 Å². The first-order valence-electron chi connectivity index (χ1n) is 9.53. The minimum Gasteiger partial charge on any atom is -0.389 e. The van der Waals surface area contributed by atoms with Gasteiger partial charge in [-0.25, -0.2) is 13.4 Å². The van der Waals surface area contributed by atoms with Gasteiger partial charge in [0.05, 0.1) is 35.9 Å². The van der Waals surface area contributed by atoms with Crippen molar-refractivity contribution < 1.29 is 18.3 Å². The molecule has 8 heteroatoms. The van der Waals surface area contributed by atoms with Crippen molar-refractivity contribution in [2.75, 3.05) is 24.8 Å². The van der Waals surface area contributed by atoms with Crippen LogP contribution in [-0.2, 0) is 14.6 Å². The summed E-state index contributed by atoms with van der Waals surface area (Å²) in [5.74, 6) is -0.163. The van der Waals surface area contributed by atoms with E-state index in [1.165, 1.54) is 7.11 Å². The number of pyridine rings is 1. The molecule has 154 valence electrons. The van der Waals surface area contributed by atoms with Gasteiger partial charge < -0.3 is 19.6 Å². The van der Waals surface area contributed by atoms with Crippen molar-refractivity contribution in [3.63, 3.8) is 0 Å². The molecule has 3 atom stereocenters. The van der Waals surface area contributed by atoms with Crippen molar-refractivity contribution in [2.45, 2.75) is 31.2 Å². The topological polar surface area (TPSA) is 92.9 Å². The summed E-state index contributed by atoms with van der Waals surface area (Å²) in [5, 5.41) is 13.5. The maximum Gasteiger partial charge on any atom is 0.162 e. The first-order valence-corrected chi connectivity index (χ1v) is 11.2. The monoisotopic (exact) mass is 415 g/mol. The Kier molecular flexibility index (Phi) is 5.10. The molecule has 0 spiro atoms. The van der Waals surface area contributed by atoms with Crippen LogP contribution in [0.3, 0.4) is 0 Å². The number of ether oxygens (including phenoxy) is 1. The summed E-state index contributed by atoms with van der Waals surface area (Å²) in [7, 11) is -2.21. The molecule has 0 aliphatic carbocycles. The SMILES string of the molecule is COCCS(=O)(=O)C1c2ccn3c(C)c(C)nc3c2NC(c2ccccc2)C1O. The standard InChI is InChI=1S/C21H25N3O4S/c1-13-14(2)24-10-9-16-18(21(24)22-13)23-17(15-7-5-4-6-8-15)19(25)20(16)29(26,27)12-11-28-3/h4-10,17,19-20,23,25H,11-12H2,1-3H3. The van der Waals surface area contributed by atoms with Crippen molar-refractivity contribution in [3.8, 4) is 0 Å². The highest BCUT2D eigenvalue weighted by molar-refractivity contribution is 7.91. The zero-order valence-corrected chi connectivity index (χ0v) is 17.5. The van der Waals surface area contributed by atoms with Crippen molar-refractivity contribution in [2.24, 2.45) is 0 Å². The molecule has 0 bridgehead atoms. The number of hydrogen-bond donors (Lipinski definition) is 2. The highest BCUT2D eigenvalue weighted by Crippen LogP contribution is 2.45. The zero-order valence-electron chi connectivity index (χ0n) is 16.7. The summed E-state index contributed by atoms with van der Waals surface area (Å²) >= 11 is 0. The van der Waals surface area contributed by atoms with Gasteiger partial charge in [-0.1, -0.05) is 30.3 Å². The van der Waals surface area contributed by atoms with Crippen LogP contribution >= 0.6 is 0 Å². The van der Waals surface area contributed by atoms with Gasteiger partial charge in [-0.2, -0.15) is 0 Å². The number of hydrogen-bond acceptors (Lipinski definition) is 6. The van der Waals surface area contributed by atoms with Gasteiger partial charge in [-0.05, 0) is 25.5 Å². The number of rotatable bonds is 5. The van der Waals surface area contributed by atoms with Crippen LogP contribution < -0.4 is 5.32 Å². The molecule has 2 aromatic heterocycles. The molecule has 3 aromatic rings. The van der Waals surface area contributed by atoms with E-state index in [1.807, 2.05) is 54.8 Å². The number of aliphatic hydroxyl groups is 1. The average Bonchev–Trinajstić information content (AvgIpc) is 3.00. The zero-order chi connectivity index (χ0) is 20.8. The van der Waals surface area contributed by atoms with Gasteiger partial charge in [-0.15, -0.1) is 0 Å². The van der Waals surface area contributed by atoms with E-state index in [0.29, 0.717) is 16.9 Å². The maximum atomic E-state index is 13.2. The summed E-state index contributed by atoms with van der Waals surface area (Å²) in [6.45, 7) is 3.98. The summed E-state index contributed by atoms with van der Waals surface area (Å²) in [6, 6.07) is 10.6. The molecule has 7 nitrogen and oxygen atoms in total. The van der Waals surface area contributed by atoms with E-state index in [9.17, 15) is 13.5 Å². The Hall–Kier alpha value is -2.42. The van der Waals surface area contributed by atoms with Crippen LogP contribution in [0.15, 0.2) is 42.6 Å². The average molecular weight is 416 g/mol. The first-order chi connectivity index (χ1) is 13.8. The van der Waals surface area contributed by atoms with Crippen molar-refractivity contribution >= 4 is 21.2 Å². The molecule has 0 saturated heterocycles. The minimum atomic E-state index is -3.67. The number of imidazole rings is 1. The predicted molar refractivity (Wildman–Crippen MR) is 112 cm³/mol. The van der Waals surface area contributed by atoms with Crippen LogP contribution in [0.4, 0.5) is 5.69 Å². The maximum absolute atomic E-state index is 13.2. The quantitative estimate of drug-likeness (QED) is 0.665. The summed E-state index contributed by atoms with van der Waals surface area (Å²) in [5.41, 5.74) is 4.54. The molecule has 0 radical (unpaired) electrons. The molecule has 1 aliphatic heterocycles. The number of nitrogens with zero attached hydrogens (tertiary/aromatic N) is 2. The molecule has 2 N–H and O–H groups in total. The minimum absolute atomic E-state index is 0.0775. The molecule has 1 aromatic carbocycles. The number of nitrogens with one attached hydrogen (secondary N) is 1. The largest absolute Gasteiger partial charge is 0.389 e. The van der Waals surface area contributed by atoms with E-state index in [2.05, 4.69) is 10.3 Å². The van der Waals surface area contributed by atoms with E-state index >= 15 is 0 Å². The van der Waals surface area contributed by atoms with Gasteiger partial charge in [0.15, 0.2) is 15.5 Å². The lowest BCUT2D eigenvalue weighted by Gasteiger charge is -2.37. The van der Waals surface area contributed by atoms with Crippen LogP contribution in [0.25, 0.3) is 5.65 Å². The van der Waals surface area contributed by atoms with Crippen LogP contribution in [0.1, 0.15) is 33.8 Å². The molecule has 3 unspecified atom stereocenters. The first kappa shape index (κ1) is 19.9. The molecule has 0 amide bonds. The Balaban J connectivity index is 1.93. The fourth-order valence-corrected chi connectivity index (χ4v) is 5.83. The second-order valence-electron chi connectivity index (χ2n) is 7.43. The number of benzene rings is 1. The van der Waals surface area contributed by atoms with E-state index in [1.54, 1.807) is 6.07 Å². The number of anilines is 1. The van der Waals surface area contributed by atoms with Crippen LogP contribution in [0.5, 0.6) is 0 Å². The molecular formula is C21H25N3O4S. The van der Waals surface area contributed by atoms with Gasteiger partial charge in [0.1, 0.15) is 5.25 Å². The fourth-order valence-electron chi connectivity index (χ4n) is 4.01. The van der Waals surface area contributed by atoms with Gasteiger partial charge in [0.25, 0.3) is 0 Å². The Morgan fingerprint density at radius 2 is 1.93 bits per heavy atom. The van der Waals surface area contributed by atoms with Gasteiger partial charge >= 0.3 is 0 Å². The van der Waals surface area contributed by atoms with Crippen LogP contribution in [0.2, 0.25) is 0 Å². The van der Waals surface area contributed by atoms with E-state index in [4.69, 9.17) is 4.74 Å². The molecule has 29 heavy (non-hydrogen) atoms. The van der Waals surface area contributed by atoms with Gasteiger partial charge in [0.2, 0.25) is 0 Å². The normalized spacial score (nSPS) is 21.7. The molecule has 3 heterocycles. The summed E-state index contributed by atoms with van der Waals surface area (Å²) < 4.78 is 33.4. The molecular weight excluding hydrogens is 390 g/mol.